The number of halogens is 1. The summed E-state index contributed by atoms with van der Waals surface area (Å²) in [6, 6.07) is 9.09. The van der Waals surface area contributed by atoms with Gasteiger partial charge < -0.3 is 5.32 Å². The first-order chi connectivity index (χ1) is 9.09. The highest BCUT2D eigenvalue weighted by molar-refractivity contribution is 5.62. The molecular formula is C13H12FN3O2. The molecule has 0 saturated heterocycles. The van der Waals surface area contributed by atoms with Gasteiger partial charge >= 0.3 is 5.69 Å². The number of rotatable bonds is 4. The lowest BCUT2D eigenvalue weighted by Gasteiger charge is -2.14. The summed E-state index contributed by atoms with van der Waals surface area (Å²) in [5.74, 6) is -0.858. The SMILES string of the molecule is CC(Nc1cccc(F)c1[N+](=O)[O-])c1ccccn1. The Balaban J connectivity index is 2.29. The maximum absolute atomic E-state index is 13.5. The minimum Gasteiger partial charge on any atom is -0.371 e. The van der Waals surface area contributed by atoms with Gasteiger partial charge in [0.1, 0.15) is 5.69 Å². The van der Waals surface area contributed by atoms with E-state index in [0.717, 1.165) is 11.8 Å². The highest BCUT2D eigenvalue weighted by atomic mass is 19.1. The number of para-hydroxylation sites is 1. The normalized spacial score (nSPS) is 11.9. The van der Waals surface area contributed by atoms with Crippen molar-refractivity contribution in [2.24, 2.45) is 0 Å². The summed E-state index contributed by atoms with van der Waals surface area (Å²) in [6.45, 7) is 1.80. The van der Waals surface area contributed by atoms with Crippen molar-refractivity contribution in [2.75, 3.05) is 5.32 Å². The van der Waals surface area contributed by atoms with Crippen molar-refractivity contribution in [2.45, 2.75) is 13.0 Å². The van der Waals surface area contributed by atoms with Gasteiger partial charge in [0.2, 0.25) is 5.82 Å². The van der Waals surface area contributed by atoms with Crippen LogP contribution in [0.4, 0.5) is 15.8 Å². The second kappa shape index (κ2) is 5.43. The maximum Gasteiger partial charge on any atom is 0.327 e. The third kappa shape index (κ3) is 2.85. The van der Waals surface area contributed by atoms with E-state index in [-0.39, 0.29) is 11.7 Å². The molecule has 2 aromatic rings. The van der Waals surface area contributed by atoms with Crippen molar-refractivity contribution in [1.29, 1.82) is 0 Å². The van der Waals surface area contributed by atoms with Crippen LogP contribution in [-0.2, 0) is 0 Å². The largest absolute Gasteiger partial charge is 0.371 e. The quantitative estimate of drug-likeness (QED) is 0.677. The van der Waals surface area contributed by atoms with Crippen molar-refractivity contribution in [3.05, 3.63) is 64.2 Å². The van der Waals surface area contributed by atoms with E-state index >= 15 is 0 Å². The molecule has 1 N–H and O–H groups in total. The minimum absolute atomic E-state index is 0.142. The molecule has 19 heavy (non-hydrogen) atoms. The second-order valence-corrected chi connectivity index (χ2v) is 4.01. The molecule has 6 heteroatoms. The Hall–Kier alpha value is -2.50. The van der Waals surface area contributed by atoms with Gasteiger partial charge in [-0.15, -0.1) is 0 Å². The van der Waals surface area contributed by atoms with Gasteiger partial charge in [-0.1, -0.05) is 12.1 Å². The fourth-order valence-corrected chi connectivity index (χ4v) is 1.76. The van der Waals surface area contributed by atoms with E-state index < -0.39 is 16.4 Å². The Morgan fingerprint density at radius 3 is 2.74 bits per heavy atom. The maximum atomic E-state index is 13.5. The second-order valence-electron chi connectivity index (χ2n) is 4.01. The average Bonchev–Trinajstić information content (AvgIpc) is 2.39. The molecule has 1 heterocycles. The molecular weight excluding hydrogens is 249 g/mol. The zero-order valence-corrected chi connectivity index (χ0v) is 10.2. The Kier molecular flexibility index (Phi) is 3.70. The van der Waals surface area contributed by atoms with Crippen LogP contribution in [0.2, 0.25) is 0 Å². The van der Waals surface area contributed by atoms with Gasteiger partial charge in [0.05, 0.1) is 16.7 Å². The molecule has 1 aromatic carbocycles. The van der Waals surface area contributed by atoms with Gasteiger partial charge in [0.25, 0.3) is 0 Å². The zero-order valence-electron chi connectivity index (χ0n) is 10.2. The number of nitro groups is 1. The molecule has 2 rings (SSSR count). The van der Waals surface area contributed by atoms with Crippen molar-refractivity contribution < 1.29 is 9.31 Å². The van der Waals surface area contributed by atoms with Crippen LogP contribution in [0.5, 0.6) is 0 Å². The van der Waals surface area contributed by atoms with Crippen LogP contribution < -0.4 is 5.32 Å². The molecule has 0 amide bonds. The van der Waals surface area contributed by atoms with Crippen LogP contribution in [-0.4, -0.2) is 9.91 Å². The van der Waals surface area contributed by atoms with Crippen molar-refractivity contribution in [1.82, 2.24) is 4.98 Å². The molecule has 98 valence electrons. The van der Waals surface area contributed by atoms with E-state index in [4.69, 9.17) is 0 Å². The van der Waals surface area contributed by atoms with Crippen LogP contribution >= 0.6 is 0 Å². The summed E-state index contributed by atoms with van der Waals surface area (Å²) < 4.78 is 13.5. The van der Waals surface area contributed by atoms with Crippen LogP contribution in [0.3, 0.4) is 0 Å². The highest BCUT2D eigenvalue weighted by Gasteiger charge is 2.21. The first-order valence-corrected chi connectivity index (χ1v) is 5.70. The van der Waals surface area contributed by atoms with Gasteiger partial charge in [-0.3, -0.25) is 15.1 Å². The van der Waals surface area contributed by atoms with E-state index in [2.05, 4.69) is 10.3 Å². The Bertz CT molecular complexity index is 590. The van der Waals surface area contributed by atoms with Gasteiger partial charge in [-0.2, -0.15) is 4.39 Å². The van der Waals surface area contributed by atoms with E-state index in [9.17, 15) is 14.5 Å². The number of hydrogen-bond acceptors (Lipinski definition) is 4. The van der Waals surface area contributed by atoms with E-state index in [1.807, 2.05) is 6.07 Å². The minimum atomic E-state index is -0.858. The number of anilines is 1. The molecule has 1 atom stereocenters. The fourth-order valence-electron chi connectivity index (χ4n) is 1.76. The highest BCUT2D eigenvalue weighted by Crippen LogP contribution is 2.29. The molecule has 1 aromatic heterocycles. The molecule has 0 aliphatic heterocycles. The predicted octanol–water partition coefficient (Wildman–Crippen LogP) is 3.30. The third-order valence-electron chi connectivity index (χ3n) is 2.67. The summed E-state index contributed by atoms with van der Waals surface area (Å²) in [5.41, 5.74) is 0.314. The van der Waals surface area contributed by atoms with Crippen LogP contribution in [0.15, 0.2) is 42.6 Å². The lowest BCUT2D eigenvalue weighted by Crippen LogP contribution is -2.10. The molecule has 0 fully saturated rings. The lowest BCUT2D eigenvalue weighted by molar-refractivity contribution is -0.386. The number of nitrogens with zero attached hydrogens (tertiary/aromatic N) is 2. The van der Waals surface area contributed by atoms with Crippen LogP contribution in [0.25, 0.3) is 0 Å². The molecule has 0 aliphatic rings. The van der Waals surface area contributed by atoms with Gasteiger partial charge in [0, 0.05) is 6.20 Å². The Labute approximate surface area is 109 Å². The average molecular weight is 261 g/mol. The van der Waals surface area contributed by atoms with E-state index in [0.29, 0.717) is 0 Å². The van der Waals surface area contributed by atoms with Crippen molar-refractivity contribution >= 4 is 11.4 Å². The van der Waals surface area contributed by atoms with Crippen molar-refractivity contribution in [3.63, 3.8) is 0 Å². The molecule has 0 radical (unpaired) electrons. The number of nitrogens with one attached hydrogen (secondary N) is 1. The standard InChI is InChI=1S/C13H12FN3O2/c1-9(11-6-2-3-8-15-11)16-12-7-4-5-10(14)13(12)17(18)19/h2-9,16H,1H3. The zero-order chi connectivity index (χ0) is 13.8. The van der Waals surface area contributed by atoms with E-state index in [1.165, 1.54) is 12.1 Å². The monoisotopic (exact) mass is 261 g/mol. The Morgan fingerprint density at radius 2 is 2.11 bits per heavy atom. The first-order valence-electron chi connectivity index (χ1n) is 5.70. The fraction of sp³-hybridized carbons (Fsp3) is 0.154. The summed E-state index contributed by atoms with van der Waals surface area (Å²) >= 11 is 0. The lowest BCUT2D eigenvalue weighted by atomic mass is 10.2. The number of benzene rings is 1. The number of nitro benzene ring substituents is 1. The molecule has 0 saturated carbocycles. The summed E-state index contributed by atoms with van der Waals surface area (Å²) in [4.78, 5) is 14.3. The molecule has 5 nitrogen and oxygen atoms in total. The first kappa shape index (κ1) is 12.9. The van der Waals surface area contributed by atoms with Crippen LogP contribution in [0, 0.1) is 15.9 Å². The van der Waals surface area contributed by atoms with Gasteiger partial charge in [-0.25, -0.2) is 0 Å². The number of hydrogen-bond donors (Lipinski definition) is 1. The summed E-state index contributed by atoms with van der Waals surface area (Å²) in [6.07, 6.45) is 1.63. The van der Waals surface area contributed by atoms with Gasteiger partial charge in [0.15, 0.2) is 0 Å². The van der Waals surface area contributed by atoms with Crippen molar-refractivity contribution in [3.8, 4) is 0 Å². The summed E-state index contributed by atoms with van der Waals surface area (Å²) in [5, 5.41) is 13.8. The van der Waals surface area contributed by atoms with Gasteiger partial charge in [-0.05, 0) is 31.2 Å². The molecule has 0 bridgehead atoms. The number of pyridine rings is 1. The smallest absolute Gasteiger partial charge is 0.327 e. The third-order valence-corrected chi connectivity index (χ3v) is 2.67. The number of aromatic nitrogens is 1. The Morgan fingerprint density at radius 1 is 1.32 bits per heavy atom. The van der Waals surface area contributed by atoms with Crippen LogP contribution in [0.1, 0.15) is 18.7 Å². The molecule has 0 spiro atoms. The topological polar surface area (TPSA) is 68.1 Å². The predicted molar refractivity (Wildman–Crippen MR) is 69.3 cm³/mol. The summed E-state index contributed by atoms with van der Waals surface area (Å²) in [7, 11) is 0. The molecule has 1 unspecified atom stereocenters. The molecule has 0 aliphatic carbocycles. The van der Waals surface area contributed by atoms with E-state index in [1.54, 1.807) is 25.3 Å².